The van der Waals surface area contributed by atoms with Crippen LogP contribution in [0, 0.1) is 0 Å². The molecule has 2 aromatic rings. The van der Waals surface area contributed by atoms with Crippen molar-refractivity contribution in [2.45, 2.75) is 44.4 Å². The van der Waals surface area contributed by atoms with Gasteiger partial charge in [-0.2, -0.15) is 0 Å². The molecule has 0 bridgehead atoms. The van der Waals surface area contributed by atoms with E-state index in [4.69, 9.17) is 9.47 Å². The topological polar surface area (TPSA) is 114 Å². The molecule has 0 aliphatic heterocycles. The highest BCUT2D eigenvalue weighted by Crippen LogP contribution is 2.44. The minimum atomic E-state index is -1.23. The van der Waals surface area contributed by atoms with Crippen molar-refractivity contribution in [3.05, 3.63) is 59.7 Å². The lowest BCUT2D eigenvalue weighted by atomic mass is 9.98. The van der Waals surface area contributed by atoms with E-state index >= 15 is 0 Å². The third kappa shape index (κ3) is 4.91. The molecule has 1 aliphatic carbocycles. The third-order valence-electron chi connectivity index (χ3n) is 5.77. The van der Waals surface area contributed by atoms with Crippen LogP contribution in [0.1, 0.15) is 37.3 Å². The van der Waals surface area contributed by atoms with E-state index in [1.54, 1.807) is 13.8 Å². The van der Waals surface area contributed by atoms with Gasteiger partial charge in [-0.1, -0.05) is 55.5 Å². The van der Waals surface area contributed by atoms with Gasteiger partial charge in [-0.25, -0.2) is 9.59 Å². The van der Waals surface area contributed by atoms with Gasteiger partial charge in [-0.15, -0.1) is 0 Å². The minimum absolute atomic E-state index is 0.0963. The summed E-state index contributed by atoms with van der Waals surface area (Å²) < 4.78 is 10.5. The number of hydrogen-bond donors (Lipinski definition) is 3. The average molecular weight is 440 g/mol. The number of alkyl carbamates (subject to hydrolysis) is 1. The third-order valence-corrected chi connectivity index (χ3v) is 5.77. The quantitative estimate of drug-likeness (QED) is 0.553. The number of ether oxygens (including phenoxy) is 2. The Bertz CT molecular complexity index is 946. The summed E-state index contributed by atoms with van der Waals surface area (Å²) in [5.41, 5.74) is 4.41. The molecule has 0 radical (unpaired) electrons. The fourth-order valence-corrected chi connectivity index (χ4v) is 3.91. The largest absolute Gasteiger partial charge is 0.480 e. The Morgan fingerprint density at radius 1 is 1.00 bits per heavy atom. The highest BCUT2D eigenvalue weighted by Gasteiger charge is 2.31. The highest BCUT2D eigenvalue weighted by molar-refractivity contribution is 5.89. The summed E-state index contributed by atoms with van der Waals surface area (Å²) in [7, 11) is 1.36. The zero-order valence-electron chi connectivity index (χ0n) is 18.3. The average Bonchev–Trinajstić information content (AvgIpc) is 3.12. The number of amides is 2. The summed E-state index contributed by atoms with van der Waals surface area (Å²) in [5.74, 6) is -1.93. The monoisotopic (exact) mass is 440 g/mol. The van der Waals surface area contributed by atoms with Crippen LogP contribution in [0.5, 0.6) is 0 Å². The predicted octanol–water partition coefficient (Wildman–Crippen LogP) is 2.91. The van der Waals surface area contributed by atoms with E-state index in [2.05, 4.69) is 10.6 Å². The van der Waals surface area contributed by atoms with Crippen LogP contribution in [-0.2, 0) is 19.1 Å². The first kappa shape index (κ1) is 23.3. The predicted molar refractivity (Wildman–Crippen MR) is 118 cm³/mol. The molecule has 0 fully saturated rings. The Hall–Kier alpha value is -3.39. The second kappa shape index (κ2) is 10.3. The van der Waals surface area contributed by atoms with E-state index in [1.165, 1.54) is 7.11 Å². The molecule has 0 spiro atoms. The smallest absolute Gasteiger partial charge is 0.407 e. The van der Waals surface area contributed by atoms with Crippen LogP contribution in [0.25, 0.3) is 11.1 Å². The normalized spacial score (nSPS) is 15.1. The second-order valence-electron chi connectivity index (χ2n) is 7.70. The number of hydrogen-bond acceptors (Lipinski definition) is 5. The summed E-state index contributed by atoms with van der Waals surface area (Å²) in [4.78, 5) is 36.4. The Labute approximate surface area is 186 Å². The molecule has 3 atom stereocenters. The number of benzene rings is 2. The molecule has 0 unspecified atom stereocenters. The summed E-state index contributed by atoms with van der Waals surface area (Å²) >= 11 is 0. The lowest BCUT2D eigenvalue weighted by Gasteiger charge is -2.23. The van der Waals surface area contributed by atoms with E-state index in [-0.39, 0.29) is 18.9 Å². The zero-order chi connectivity index (χ0) is 23.3. The molecule has 1 aliphatic rings. The Morgan fingerprint density at radius 3 is 2.06 bits per heavy atom. The van der Waals surface area contributed by atoms with Crippen LogP contribution in [0.15, 0.2) is 48.5 Å². The van der Waals surface area contributed by atoms with Crippen molar-refractivity contribution in [3.8, 4) is 11.1 Å². The number of aliphatic carboxylic acids is 1. The lowest BCUT2D eigenvalue weighted by Crippen LogP contribution is -2.55. The van der Waals surface area contributed by atoms with Gasteiger partial charge in [0, 0.05) is 13.0 Å². The number of fused-ring (bicyclic) bond motifs is 3. The molecule has 8 nitrogen and oxygen atoms in total. The van der Waals surface area contributed by atoms with Crippen molar-refractivity contribution in [3.63, 3.8) is 0 Å². The van der Waals surface area contributed by atoms with Gasteiger partial charge in [0.15, 0.2) is 6.04 Å². The number of rotatable bonds is 9. The summed E-state index contributed by atoms with van der Waals surface area (Å²) in [6, 6.07) is 13.8. The number of nitrogens with one attached hydrogen (secondary N) is 2. The van der Waals surface area contributed by atoms with Gasteiger partial charge < -0.3 is 25.2 Å². The minimum Gasteiger partial charge on any atom is -0.480 e. The van der Waals surface area contributed by atoms with E-state index < -0.39 is 36.2 Å². The molecule has 32 heavy (non-hydrogen) atoms. The molecule has 3 N–H and O–H groups in total. The first-order chi connectivity index (χ1) is 15.4. The van der Waals surface area contributed by atoms with Crippen molar-refractivity contribution in [2.24, 2.45) is 0 Å². The Balaban J connectivity index is 1.63. The molecule has 2 amide bonds. The summed E-state index contributed by atoms with van der Waals surface area (Å²) in [5, 5.41) is 14.3. The standard InChI is InChI=1S/C24H28N2O6/c1-4-20(22(27)26-21(23(28)29)14(2)31-3)25-24(30)32-13-19-17-11-7-5-9-15(17)16-10-6-8-12-18(16)19/h5-12,14,19-21H,4,13H2,1-3H3,(H,25,30)(H,26,27)(H,28,29)/t14-,20-,21+/m1/s1. The summed E-state index contributed by atoms with van der Waals surface area (Å²) in [6.45, 7) is 3.37. The van der Waals surface area contributed by atoms with Crippen molar-refractivity contribution < 1.29 is 29.0 Å². The van der Waals surface area contributed by atoms with Gasteiger partial charge >= 0.3 is 12.1 Å². The van der Waals surface area contributed by atoms with Crippen molar-refractivity contribution >= 4 is 18.0 Å². The lowest BCUT2D eigenvalue weighted by molar-refractivity contribution is -0.145. The molecule has 0 aromatic heterocycles. The van der Waals surface area contributed by atoms with Crippen LogP contribution in [0.4, 0.5) is 4.79 Å². The second-order valence-corrected chi connectivity index (χ2v) is 7.70. The molecule has 170 valence electrons. The van der Waals surface area contributed by atoms with Gasteiger partial charge in [-0.3, -0.25) is 4.79 Å². The zero-order valence-corrected chi connectivity index (χ0v) is 18.3. The number of methoxy groups -OCH3 is 1. The molecule has 0 heterocycles. The molecular formula is C24H28N2O6. The van der Waals surface area contributed by atoms with Crippen molar-refractivity contribution in [2.75, 3.05) is 13.7 Å². The van der Waals surface area contributed by atoms with E-state index in [0.717, 1.165) is 22.3 Å². The van der Waals surface area contributed by atoms with E-state index in [9.17, 15) is 19.5 Å². The molecule has 0 saturated heterocycles. The molecule has 2 aromatic carbocycles. The van der Waals surface area contributed by atoms with Gasteiger partial charge in [0.05, 0.1) is 6.10 Å². The number of carboxylic acids is 1. The van der Waals surface area contributed by atoms with Crippen LogP contribution in [0.2, 0.25) is 0 Å². The van der Waals surface area contributed by atoms with Crippen molar-refractivity contribution in [1.29, 1.82) is 0 Å². The highest BCUT2D eigenvalue weighted by atomic mass is 16.5. The van der Waals surface area contributed by atoms with Crippen molar-refractivity contribution in [1.82, 2.24) is 10.6 Å². The first-order valence-corrected chi connectivity index (χ1v) is 10.5. The van der Waals surface area contributed by atoms with Crippen LogP contribution in [0.3, 0.4) is 0 Å². The number of carboxylic acid groups (broad SMARTS) is 1. The van der Waals surface area contributed by atoms with Gasteiger partial charge in [0.25, 0.3) is 0 Å². The van der Waals surface area contributed by atoms with Gasteiger partial charge in [0.1, 0.15) is 12.6 Å². The van der Waals surface area contributed by atoms with E-state index in [0.29, 0.717) is 0 Å². The van der Waals surface area contributed by atoms with Crippen LogP contribution >= 0.6 is 0 Å². The molecule has 3 rings (SSSR count). The van der Waals surface area contributed by atoms with Gasteiger partial charge in [-0.05, 0) is 35.6 Å². The SMILES string of the molecule is CC[C@@H](NC(=O)OCC1c2ccccc2-c2ccccc21)C(=O)N[C@H](C(=O)O)[C@@H](C)OC. The Kier molecular flexibility index (Phi) is 7.48. The molecule has 0 saturated carbocycles. The Morgan fingerprint density at radius 2 is 1.56 bits per heavy atom. The maximum Gasteiger partial charge on any atom is 0.407 e. The fourth-order valence-electron chi connectivity index (χ4n) is 3.91. The molecule has 8 heteroatoms. The molecular weight excluding hydrogens is 412 g/mol. The first-order valence-electron chi connectivity index (χ1n) is 10.5. The fraction of sp³-hybridized carbons (Fsp3) is 0.375. The number of carbonyl (C=O) groups excluding carboxylic acids is 2. The van der Waals surface area contributed by atoms with E-state index in [1.807, 2.05) is 48.5 Å². The van der Waals surface area contributed by atoms with Crippen LogP contribution in [-0.4, -0.2) is 55.0 Å². The summed E-state index contributed by atoms with van der Waals surface area (Å²) in [6.07, 6.45) is -1.20. The van der Waals surface area contributed by atoms with Gasteiger partial charge in [0.2, 0.25) is 5.91 Å². The maximum atomic E-state index is 12.5. The number of carbonyl (C=O) groups is 3. The van der Waals surface area contributed by atoms with Crippen LogP contribution < -0.4 is 10.6 Å². The maximum absolute atomic E-state index is 12.5.